The van der Waals surface area contributed by atoms with Crippen LogP contribution in [0.4, 0.5) is 0 Å². The number of aryl methyl sites for hydroxylation is 1. The standard InChI is InChI=1S/C16H14N6O3/c1-22-14(7-12(20-22)16(23)24-2)25-9-10-4-3-5-11(6-10)15-13(8-17)18-21-19-15/h3-7H,9H2,1-2H3,(H,18,19,21). The van der Waals surface area contributed by atoms with Crippen LogP contribution in [0.15, 0.2) is 30.3 Å². The molecule has 0 aliphatic rings. The number of H-pyrrole nitrogens is 1. The van der Waals surface area contributed by atoms with Crippen LogP contribution in [0.5, 0.6) is 5.88 Å². The van der Waals surface area contributed by atoms with E-state index in [0.29, 0.717) is 17.3 Å². The van der Waals surface area contributed by atoms with Crippen molar-refractivity contribution in [2.24, 2.45) is 7.05 Å². The number of aromatic nitrogens is 5. The normalized spacial score (nSPS) is 10.3. The molecule has 0 fully saturated rings. The van der Waals surface area contributed by atoms with E-state index >= 15 is 0 Å². The van der Waals surface area contributed by atoms with E-state index in [1.165, 1.54) is 17.9 Å². The second-order valence-corrected chi connectivity index (χ2v) is 5.12. The summed E-state index contributed by atoms with van der Waals surface area (Å²) in [6, 6.07) is 10.9. The van der Waals surface area contributed by atoms with Crippen LogP contribution in [-0.2, 0) is 18.4 Å². The molecule has 3 rings (SSSR count). The summed E-state index contributed by atoms with van der Waals surface area (Å²) < 4.78 is 11.8. The number of carbonyl (C=O) groups excluding carboxylic acids is 1. The fraction of sp³-hybridized carbons (Fsp3) is 0.188. The van der Waals surface area contributed by atoms with Gasteiger partial charge in [-0.1, -0.05) is 23.4 Å². The van der Waals surface area contributed by atoms with Crippen LogP contribution >= 0.6 is 0 Å². The van der Waals surface area contributed by atoms with Crippen molar-refractivity contribution in [1.82, 2.24) is 25.2 Å². The Morgan fingerprint density at radius 2 is 2.24 bits per heavy atom. The van der Waals surface area contributed by atoms with Crippen molar-refractivity contribution in [2.75, 3.05) is 7.11 Å². The van der Waals surface area contributed by atoms with Crippen molar-refractivity contribution < 1.29 is 14.3 Å². The first-order valence-electron chi connectivity index (χ1n) is 7.28. The van der Waals surface area contributed by atoms with Crippen LogP contribution in [0.1, 0.15) is 21.7 Å². The van der Waals surface area contributed by atoms with E-state index in [1.807, 2.05) is 30.3 Å². The van der Waals surface area contributed by atoms with E-state index in [-0.39, 0.29) is 12.3 Å². The molecule has 1 aromatic carbocycles. The van der Waals surface area contributed by atoms with Crippen molar-refractivity contribution in [3.63, 3.8) is 0 Å². The Morgan fingerprint density at radius 1 is 1.40 bits per heavy atom. The van der Waals surface area contributed by atoms with Gasteiger partial charge in [-0.05, 0) is 11.6 Å². The number of benzene rings is 1. The zero-order valence-electron chi connectivity index (χ0n) is 13.6. The van der Waals surface area contributed by atoms with Gasteiger partial charge >= 0.3 is 5.97 Å². The molecule has 0 radical (unpaired) electrons. The molecule has 0 saturated carbocycles. The molecule has 0 unspecified atom stereocenters. The maximum absolute atomic E-state index is 11.5. The SMILES string of the molecule is COC(=O)c1cc(OCc2cccc(-c3nn[nH]c3C#N)c2)n(C)n1. The maximum atomic E-state index is 11.5. The molecule has 0 amide bonds. The summed E-state index contributed by atoms with van der Waals surface area (Å²) in [4.78, 5) is 11.5. The van der Waals surface area contributed by atoms with Crippen molar-refractivity contribution in [3.05, 3.63) is 47.3 Å². The van der Waals surface area contributed by atoms with Gasteiger partial charge in [0.05, 0.1) is 7.11 Å². The van der Waals surface area contributed by atoms with E-state index < -0.39 is 5.97 Å². The van der Waals surface area contributed by atoms with Gasteiger partial charge in [-0.15, -0.1) is 5.10 Å². The Morgan fingerprint density at radius 3 is 3.00 bits per heavy atom. The van der Waals surface area contributed by atoms with Crippen LogP contribution in [0.25, 0.3) is 11.3 Å². The van der Waals surface area contributed by atoms with E-state index in [9.17, 15) is 4.79 Å². The van der Waals surface area contributed by atoms with Gasteiger partial charge in [-0.2, -0.15) is 10.4 Å². The number of nitrogens with one attached hydrogen (secondary N) is 1. The Labute approximate surface area is 142 Å². The number of aromatic amines is 1. The van der Waals surface area contributed by atoms with E-state index in [1.54, 1.807) is 7.05 Å². The molecular formula is C16H14N6O3. The molecular weight excluding hydrogens is 324 g/mol. The first kappa shape index (κ1) is 16.2. The van der Waals surface area contributed by atoms with Gasteiger partial charge < -0.3 is 9.47 Å². The van der Waals surface area contributed by atoms with Crippen LogP contribution < -0.4 is 4.74 Å². The van der Waals surface area contributed by atoms with Gasteiger partial charge in [0.15, 0.2) is 11.4 Å². The molecule has 126 valence electrons. The Hall–Kier alpha value is -3.67. The quantitative estimate of drug-likeness (QED) is 0.699. The van der Waals surface area contributed by atoms with E-state index in [0.717, 1.165) is 11.1 Å². The van der Waals surface area contributed by atoms with Crippen LogP contribution in [0.2, 0.25) is 0 Å². The number of hydrogen-bond acceptors (Lipinski definition) is 7. The van der Waals surface area contributed by atoms with E-state index in [4.69, 9.17) is 10.00 Å². The van der Waals surface area contributed by atoms with Crippen LogP contribution in [0, 0.1) is 11.3 Å². The van der Waals surface area contributed by atoms with Crippen molar-refractivity contribution in [2.45, 2.75) is 6.61 Å². The number of hydrogen-bond donors (Lipinski definition) is 1. The predicted octanol–water partition coefficient (Wildman–Crippen LogP) is 1.44. The van der Waals surface area contributed by atoms with Crippen molar-refractivity contribution >= 4 is 5.97 Å². The smallest absolute Gasteiger partial charge is 0.358 e. The van der Waals surface area contributed by atoms with Crippen LogP contribution in [0.3, 0.4) is 0 Å². The Bertz CT molecular complexity index is 953. The molecule has 3 aromatic rings. The largest absolute Gasteiger partial charge is 0.473 e. The molecule has 0 spiro atoms. The van der Waals surface area contributed by atoms with Gasteiger partial charge in [0.1, 0.15) is 18.4 Å². The molecule has 1 N–H and O–H groups in total. The highest BCUT2D eigenvalue weighted by Crippen LogP contribution is 2.21. The monoisotopic (exact) mass is 338 g/mol. The summed E-state index contributed by atoms with van der Waals surface area (Å²) in [7, 11) is 2.97. The van der Waals surface area contributed by atoms with Crippen LogP contribution in [-0.4, -0.2) is 38.3 Å². The topological polar surface area (TPSA) is 119 Å². The second kappa shape index (κ2) is 6.84. The minimum atomic E-state index is -0.525. The predicted molar refractivity (Wildman–Crippen MR) is 85.4 cm³/mol. The molecule has 2 heterocycles. The summed E-state index contributed by atoms with van der Waals surface area (Å²) in [5, 5.41) is 23.2. The van der Waals surface area contributed by atoms with Gasteiger partial charge in [-0.3, -0.25) is 0 Å². The van der Waals surface area contributed by atoms with E-state index in [2.05, 4.69) is 25.2 Å². The summed E-state index contributed by atoms with van der Waals surface area (Å²) >= 11 is 0. The highest BCUT2D eigenvalue weighted by molar-refractivity contribution is 5.87. The molecule has 0 saturated heterocycles. The summed E-state index contributed by atoms with van der Waals surface area (Å²) in [6.07, 6.45) is 0. The number of nitriles is 1. The summed E-state index contributed by atoms with van der Waals surface area (Å²) in [5.41, 5.74) is 2.58. The molecule has 0 atom stereocenters. The number of methoxy groups -OCH3 is 1. The Balaban J connectivity index is 1.77. The minimum Gasteiger partial charge on any atom is -0.473 e. The lowest BCUT2D eigenvalue weighted by Crippen LogP contribution is -2.03. The summed E-state index contributed by atoms with van der Waals surface area (Å²) in [5.74, 6) is -0.0903. The molecule has 9 heteroatoms. The number of carbonyl (C=O) groups is 1. The third-order valence-electron chi connectivity index (χ3n) is 3.48. The Kier molecular flexibility index (Phi) is 4.43. The van der Waals surface area contributed by atoms with Gasteiger partial charge in [0.25, 0.3) is 0 Å². The summed E-state index contributed by atoms with van der Waals surface area (Å²) in [6.45, 7) is 0.258. The maximum Gasteiger partial charge on any atom is 0.358 e. The zero-order valence-corrected chi connectivity index (χ0v) is 13.6. The molecule has 25 heavy (non-hydrogen) atoms. The molecule has 0 aliphatic heterocycles. The highest BCUT2D eigenvalue weighted by Gasteiger charge is 2.14. The first-order chi connectivity index (χ1) is 12.1. The lowest BCUT2D eigenvalue weighted by Gasteiger charge is -2.07. The number of nitrogens with zero attached hydrogens (tertiary/aromatic N) is 5. The van der Waals surface area contributed by atoms with Gasteiger partial charge in [0.2, 0.25) is 5.88 Å². The number of ether oxygens (including phenoxy) is 2. The lowest BCUT2D eigenvalue weighted by atomic mass is 10.1. The minimum absolute atomic E-state index is 0.176. The lowest BCUT2D eigenvalue weighted by molar-refractivity contribution is 0.0593. The first-order valence-corrected chi connectivity index (χ1v) is 7.28. The zero-order chi connectivity index (χ0) is 17.8. The average molecular weight is 338 g/mol. The third kappa shape index (κ3) is 3.32. The van der Waals surface area contributed by atoms with Gasteiger partial charge in [-0.25, -0.2) is 14.6 Å². The molecule has 0 bridgehead atoms. The number of rotatable bonds is 5. The van der Waals surface area contributed by atoms with Crippen molar-refractivity contribution in [3.8, 4) is 23.2 Å². The number of esters is 1. The third-order valence-corrected chi connectivity index (χ3v) is 3.48. The fourth-order valence-electron chi connectivity index (χ4n) is 2.26. The fourth-order valence-corrected chi connectivity index (χ4v) is 2.26. The molecule has 2 aromatic heterocycles. The molecule has 9 nitrogen and oxygen atoms in total. The van der Waals surface area contributed by atoms with Crippen molar-refractivity contribution in [1.29, 1.82) is 5.26 Å². The molecule has 0 aliphatic carbocycles. The second-order valence-electron chi connectivity index (χ2n) is 5.12. The highest BCUT2D eigenvalue weighted by atomic mass is 16.5. The average Bonchev–Trinajstić information content (AvgIpc) is 3.26. The van der Waals surface area contributed by atoms with Gasteiger partial charge in [0, 0.05) is 18.7 Å².